The molecule has 5 heteroatoms. The summed E-state index contributed by atoms with van der Waals surface area (Å²) < 4.78 is 4.85. The molecule has 1 unspecified atom stereocenters. The first kappa shape index (κ1) is 14.6. The highest BCUT2D eigenvalue weighted by Crippen LogP contribution is 2.10. The van der Waals surface area contributed by atoms with Gasteiger partial charge in [0, 0.05) is 12.8 Å². The number of esters is 1. The van der Waals surface area contributed by atoms with Crippen LogP contribution >= 0.6 is 0 Å². The molecule has 0 spiro atoms. The number of Topliss-reactive ketones (excluding diaryl/α,β-unsaturated/α-hetero) is 1. The lowest BCUT2D eigenvalue weighted by atomic mass is 10.1. The fourth-order valence-electron chi connectivity index (χ4n) is 0.967. The number of carbonyl (C=O) groups is 2. The van der Waals surface area contributed by atoms with Gasteiger partial charge in [0.15, 0.2) is 5.78 Å². The molecule has 0 aliphatic heterocycles. The van der Waals surface area contributed by atoms with E-state index in [1.165, 1.54) is 0 Å². The van der Waals surface area contributed by atoms with Gasteiger partial charge >= 0.3 is 5.97 Å². The summed E-state index contributed by atoms with van der Waals surface area (Å²) in [4.78, 5) is 22.6. The summed E-state index contributed by atoms with van der Waals surface area (Å²) in [6.45, 7) is 4.95. The Hall–Kier alpha value is -1.41. The molecule has 0 aromatic heterocycles. The average molecular weight is 227 g/mol. The Morgan fingerprint density at radius 3 is 2.44 bits per heavy atom. The van der Waals surface area contributed by atoms with Crippen LogP contribution in [0.5, 0.6) is 0 Å². The molecule has 16 heavy (non-hydrogen) atoms. The zero-order valence-electron chi connectivity index (χ0n) is 9.82. The largest absolute Gasteiger partial charge is 0.458 e. The van der Waals surface area contributed by atoms with Crippen molar-refractivity contribution in [3.63, 3.8) is 0 Å². The smallest absolute Gasteiger partial charge is 0.343 e. The van der Waals surface area contributed by atoms with Crippen LogP contribution in [0, 0.1) is 11.3 Å². The van der Waals surface area contributed by atoms with Crippen molar-refractivity contribution in [1.82, 2.24) is 0 Å². The summed E-state index contributed by atoms with van der Waals surface area (Å²) in [5.41, 5.74) is -0.731. The van der Waals surface area contributed by atoms with Gasteiger partial charge in [0.25, 0.3) is 0 Å². The molecule has 1 N–H and O–H groups in total. The third-order valence-electron chi connectivity index (χ3n) is 1.65. The lowest BCUT2D eigenvalue weighted by Crippen LogP contribution is -2.36. The Bertz CT molecular complexity index is 298. The Kier molecular flexibility index (Phi) is 5.68. The Morgan fingerprint density at radius 1 is 1.44 bits per heavy atom. The molecule has 0 aromatic carbocycles. The van der Waals surface area contributed by atoms with E-state index in [9.17, 15) is 14.7 Å². The van der Waals surface area contributed by atoms with Crippen LogP contribution in [0.15, 0.2) is 0 Å². The van der Waals surface area contributed by atoms with Crippen LogP contribution in [-0.4, -0.2) is 28.6 Å². The topological polar surface area (TPSA) is 87.4 Å². The van der Waals surface area contributed by atoms with Gasteiger partial charge < -0.3 is 9.84 Å². The minimum atomic E-state index is -1.74. The fourth-order valence-corrected chi connectivity index (χ4v) is 0.967. The summed E-state index contributed by atoms with van der Waals surface area (Å²) in [5.74, 6) is -1.54. The highest BCUT2D eigenvalue weighted by atomic mass is 16.6. The monoisotopic (exact) mass is 227 g/mol. The molecule has 0 rings (SSSR count). The van der Waals surface area contributed by atoms with E-state index in [4.69, 9.17) is 10.00 Å². The number of hydrogen-bond donors (Lipinski definition) is 1. The molecule has 0 radical (unpaired) electrons. The Balaban J connectivity index is 4.13. The molecule has 5 nitrogen and oxygen atoms in total. The third kappa shape index (κ3) is 6.14. The van der Waals surface area contributed by atoms with E-state index in [-0.39, 0.29) is 12.8 Å². The minimum Gasteiger partial charge on any atom is -0.458 e. The van der Waals surface area contributed by atoms with Crippen LogP contribution in [0.1, 0.15) is 40.0 Å². The van der Waals surface area contributed by atoms with E-state index in [1.807, 2.05) is 6.07 Å². The Labute approximate surface area is 95.0 Å². The maximum atomic E-state index is 11.3. The van der Waals surface area contributed by atoms with E-state index in [1.54, 1.807) is 20.8 Å². The van der Waals surface area contributed by atoms with Crippen LogP contribution in [0.4, 0.5) is 0 Å². The molecule has 0 heterocycles. The van der Waals surface area contributed by atoms with Crippen molar-refractivity contribution < 1.29 is 19.4 Å². The van der Waals surface area contributed by atoms with Crippen molar-refractivity contribution in [3.05, 3.63) is 0 Å². The molecule has 0 saturated heterocycles. The van der Waals surface area contributed by atoms with Crippen molar-refractivity contribution in [2.45, 2.75) is 51.7 Å². The second kappa shape index (κ2) is 6.23. The predicted octanol–water partition coefficient (Wildman–Crippen LogP) is 0.952. The summed E-state index contributed by atoms with van der Waals surface area (Å²) in [7, 11) is 0. The highest BCUT2D eigenvalue weighted by Gasteiger charge is 2.28. The maximum Gasteiger partial charge on any atom is 0.343 e. The van der Waals surface area contributed by atoms with E-state index >= 15 is 0 Å². The molecule has 1 atom stereocenters. The van der Waals surface area contributed by atoms with Gasteiger partial charge in [-0.2, -0.15) is 5.26 Å². The van der Waals surface area contributed by atoms with Crippen LogP contribution in [0.2, 0.25) is 0 Å². The predicted molar refractivity (Wildman–Crippen MR) is 56.3 cm³/mol. The third-order valence-corrected chi connectivity index (χ3v) is 1.65. The summed E-state index contributed by atoms with van der Waals surface area (Å²) in [6, 6.07) is 1.88. The first-order valence-corrected chi connectivity index (χ1v) is 5.08. The number of rotatable bonds is 5. The zero-order chi connectivity index (χ0) is 12.8. The van der Waals surface area contributed by atoms with E-state index in [0.29, 0.717) is 6.42 Å². The molecule has 0 bridgehead atoms. The summed E-state index contributed by atoms with van der Waals surface area (Å²) >= 11 is 0. The van der Waals surface area contributed by atoms with Crippen molar-refractivity contribution in [1.29, 1.82) is 5.26 Å². The molecule has 0 amide bonds. The number of hydrogen-bond acceptors (Lipinski definition) is 5. The fraction of sp³-hybridized carbons (Fsp3) is 0.727. The van der Waals surface area contributed by atoms with Crippen molar-refractivity contribution in [2.75, 3.05) is 0 Å². The average Bonchev–Trinajstić information content (AvgIpc) is 2.14. The number of carbonyl (C=O) groups excluding carboxylic acids is 2. The Morgan fingerprint density at radius 2 is 2.00 bits per heavy atom. The number of ether oxygens (including phenoxy) is 1. The highest BCUT2D eigenvalue weighted by molar-refractivity contribution is 6.01. The second-order valence-corrected chi connectivity index (χ2v) is 4.41. The summed E-state index contributed by atoms with van der Waals surface area (Å²) in [6.07, 6.45) is -1.16. The van der Waals surface area contributed by atoms with E-state index < -0.39 is 23.5 Å². The van der Waals surface area contributed by atoms with Crippen molar-refractivity contribution in [2.24, 2.45) is 0 Å². The number of ketones is 1. The van der Waals surface area contributed by atoms with Crippen molar-refractivity contribution >= 4 is 11.8 Å². The van der Waals surface area contributed by atoms with Crippen LogP contribution in [0.25, 0.3) is 0 Å². The number of aliphatic hydroxyl groups is 1. The van der Waals surface area contributed by atoms with E-state index in [0.717, 1.165) is 0 Å². The molecule has 0 saturated carbocycles. The molecule has 90 valence electrons. The van der Waals surface area contributed by atoms with E-state index in [2.05, 4.69) is 0 Å². The van der Waals surface area contributed by atoms with Crippen molar-refractivity contribution in [3.8, 4) is 6.07 Å². The minimum absolute atomic E-state index is 0.00791. The van der Waals surface area contributed by atoms with Gasteiger partial charge in [0.2, 0.25) is 6.10 Å². The van der Waals surface area contributed by atoms with Crippen LogP contribution in [0.3, 0.4) is 0 Å². The van der Waals surface area contributed by atoms with Gasteiger partial charge in [0.05, 0.1) is 6.07 Å². The van der Waals surface area contributed by atoms with Crippen LogP contribution < -0.4 is 0 Å². The van der Waals surface area contributed by atoms with Gasteiger partial charge in [-0.05, 0) is 27.2 Å². The van der Waals surface area contributed by atoms with Crippen LogP contribution in [-0.2, 0) is 14.3 Å². The molecule has 0 aliphatic carbocycles. The van der Waals surface area contributed by atoms with Gasteiger partial charge in [0.1, 0.15) is 5.60 Å². The molecule has 0 aromatic rings. The van der Waals surface area contributed by atoms with Gasteiger partial charge in [-0.25, -0.2) is 4.79 Å². The molecular formula is C11H17NO4. The number of nitriles is 1. The first-order valence-electron chi connectivity index (χ1n) is 5.08. The zero-order valence-corrected chi connectivity index (χ0v) is 9.82. The lowest BCUT2D eigenvalue weighted by molar-refractivity contribution is -0.167. The van der Waals surface area contributed by atoms with Gasteiger partial charge in [-0.1, -0.05) is 0 Å². The maximum absolute atomic E-state index is 11.3. The van der Waals surface area contributed by atoms with Gasteiger partial charge in [-0.3, -0.25) is 4.79 Å². The number of nitrogens with zero attached hydrogens (tertiary/aromatic N) is 1. The molecule has 0 aliphatic rings. The molecule has 0 fully saturated rings. The summed E-state index contributed by atoms with van der Waals surface area (Å²) in [5, 5.41) is 17.6. The SMILES string of the molecule is CC(C)(C)OC(=O)C(O)C(=O)CCCC#N. The second-order valence-electron chi connectivity index (χ2n) is 4.41. The van der Waals surface area contributed by atoms with Gasteiger partial charge in [-0.15, -0.1) is 0 Å². The quantitative estimate of drug-likeness (QED) is 0.429. The number of aliphatic hydroxyl groups excluding tert-OH is 1. The lowest BCUT2D eigenvalue weighted by Gasteiger charge is -2.21. The molecular weight excluding hydrogens is 210 g/mol. The number of unbranched alkanes of at least 4 members (excludes halogenated alkanes) is 1. The first-order chi connectivity index (χ1) is 7.28. The standard InChI is InChI=1S/C11H17NO4/c1-11(2,3)16-10(15)9(14)8(13)6-4-5-7-12/h9,14H,4-6H2,1-3H3. The normalized spacial score (nSPS) is 12.7.